The molecule has 2 rings (SSSR count). The molecule has 2 atom stereocenters. The van der Waals surface area contributed by atoms with Gasteiger partial charge in [-0.1, -0.05) is 0 Å². The predicted molar refractivity (Wildman–Crippen MR) is 62.0 cm³/mol. The van der Waals surface area contributed by atoms with Crippen LogP contribution in [0.1, 0.15) is 26.2 Å². The van der Waals surface area contributed by atoms with Gasteiger partial charge >= 0.3 is 0 Å². The zero-order chi connectivity index (χ0) is 10.7. The summed E-state index contributed by atoms with van der Waals surface area (Å²) >= 11 is 0. The van der Waals surface area contributed by atoms with Crippen molar-refractivity contribution in [1.82, 2.24) is 10.2 Å². The molecule has 2 saturated heterocycles. The van der Waals surface area contributed by atoms with Gasteiger partial charge in [-0.15, -0.1) is 0 Å². The number of likely N-dealkylation sites (N-methyl/N-ethyl adjacent to an activating group) is 1. The van der Waals surface area contributed by atoms with Crippen LogP contribution in [0, 0.1) is 5.92 Å². The van der Waals surface area contributed by atoms with E-state index in [1.54, 1.807) is 0 Å². The Labute approximate surface area is 93.2 Å². The van der Waals surface area contributed by atoms with E-state index in [2.05, 4.69) is 24.2 Å². The number of hydrogen-bond acceptors (Lipinski definition) is 3. The van der Waals surface area contributed by atoms with Crippen molar-refractivity contribution in [3.63, 3.8) is 0 Å². The van der Waals surface area contributed by atoms with E-state index in [4.69, 9.17) is 4.74 Å². The van der Waals surface area contributed by atoms with Gasteiger partial charge in [-0.05, 0) is 45.7 Å². The van der Waals surface area contributed by atoms with Gasteiger partial charge in [-0.2, -0.15) is 0 Å². The Morgan fingerprint density at radius 1 is 1.33 bits per heavy atom. The molecule has 0 aromatic heterocycles. The molecule has 2 aliphatic heterocycles. The van der Waals surface area contributed by atoms with Crippen molar-refractivity contribution in [2.24, 2.45) is 5.92 Å². The average Bonchev–Trinajstić information content (AvgIpc) is 2.57. The molecule has 3 nitrogen and oxygen atoms in total. The van der Waals surface area contributed by atoms with Gasteiger partial charge in [-0.3, -0.25) is 0 Å². The zero-order valence-corrected chi connectivity index (χ0v) is 10.0. The Kier molecular flexibility index (Phi) is 4.00. The molecule has 0 bridgehead atoms. The summed E-state index contributed by atoms with van der Waals surface area (Å²) in [7, 11) is 2.22. The summed E-state index contributed by atoms with van der Waals surface area (Å²) < 4.78 is 5.37. The molecule has 88 valence electrons. The SMILES string of the molecule is CC1CC(NCC2CCOCC2)CN1C. The third-order valence-electron chi connectivity index (χ3n) is 3.92. The fourth-order valence-corrected chi connectivity index (χ4v) is 2.63. The summed E-state index contributed by atoms with van der Waals surface area (Å²) in [5.74, 6) is 0.847. The molecule has 3 heteroatoms. The van der Waals surface area contributed by atoms with Gasteiger partial charge in [0.2, 0.25) is 0 Å². The van der Waals surface area contributed by atoms with Crippen molar-refractivity contribution >= 4 is 0 Å². The Morgan fingerprint density at radius 3 is 2.67 bits per heavy atom. The number of nitrogens with zero attached hydrogens (tertiary/aromatic N) is 1. The van der Waals surface area contributed by atoms with Gasteiger partial charge < -0.3 is 15.0 Å². The average molecular weight is 212 g/mol. The molecule has 0 aromatic carbocycles. The first-order valence-electron chi connectivity index (χ1n) is 6.27. The highest BCUT2D eigenvalue weighted by Crippen LogP contribution is 2.17. The van der Waals surface area contributed by atoms with E-state index >= 15 is 0 Å². The molecule has 2 unspecified atom stereocenters. The first kappa shape index (κ1) is 11.4. The summed E-state index contributed by atoms with van der Waals surface area (Å²) in [4.78, 5) is 2.45. The molecular formula is C12H24N2O. The molecule has 0 amide bonds. The third kappa shape index (κ3) is 3.16. The maximum atomic E-state index is 5.37. The van der Waals surface area contributed by atoms with E-state index in [1.807, 2.05) is 0 Å². The minimum absolute atomic E-state index is 0.716. The number of ether oxygens (including phenoxy) is 1. The number of likely N-dealkylation sites (tertiary alicyclic amines) is 1. The van der Waals surface area contributed by atoms with Crippen LogP contribution in [-0.4, -0.2) is 50.3 Å². The topological polar surface area (TPSA) is 24.5 Å². The normalized spacial score (nSPS) is 34.8. The lowest BCUT2D eigenvalue weighted by atomic mass is 10.00. The standard InChI is InChI=1S/C12H24N2O/c1-10-7-12(9-14(10)2)13-8-11-3-5-15-6-4-11/h10-13H,3-9H2,1-2H3. The van der Waals surface area contributed by atoms with Crippen molar-refractivity contribution in [3.8, 4) is 0 Å². The second-order valence-electron chi connectivity index (χ2n) is 5.19. The lowest BCUT2D eigenvalue weighted by molar-refractivity contribution is 0.0655. The first-order valence-corrected chi connectivity index (χ1v) is 6.27. The summed E-state index contributed by atoms with van der Waals surface area (Å²) in [6, 6.07) is 1.46. The molecule has 0 radical (unpaired) electrons. The fourth-order valence-electron chi connectivity index (χ4n) is 2.63. The Balaban J connectivity index is 1.65. The van der Waals surface area contributed by atoms with Crippen LogP contribution in [0.3, 0.4) is 0 Å². The van der Waals surface area contributed by atoms with Crippen molar-refractivity contribution in [2.75, 3.05) is 33.4 Å². The minimum Gasteiger partial charge on any atom is -0.381 e. The van der Waals surface area contributed by atoms with E-state index in [9.17, 15) is 0 Å². The number of hydrogen-bond donors (Lipinski definition) is 1. The summed E-state index contributed by atoms with van der Waals surface area (Å²) in [6.45, 7) is 6.65. The van der Waals surface area contributed by atoms with Crippen molar-refractivity contribution < 1.29 is 4.74 Å². The monoisotopic (exact) mass is 212 g/mol. The van der Waals surface area contributed by atoms with Crippen LogP contribution in [-0.2, 0) is 4.74 Å². The van der Waals surface area contributed by atoms with Crippen LogP contribution in [0.4, 0.5) is 0 Å². The predicted octanol–water partition coefficient (Wildman–Crippen LogP) is 1.10. The maximum absolute atomic E-state index is 5.37. The molecule has 1 N–H and O–H groups in total. The highest BCUT2D eigenvalue weighted by atomic mass is 16.5. The highest BCUT2D eigenvalue weighted by molar-refractivity contribution is 4.85. The lowest BCUT2D eigenvalue weighted by Crippen LogP contribution is -2.36. The molecule has 2 heterocycles. The van der Waals surface area contributed by atoms with Gasteiger partial charge in [0.25, 0.3) is 0 Å². The van der Waals surface area contributed by atoms with Crippen LogP contribution < -0.4 is 5.32 Å². The summed E-state index contributed by atoms with van der Waals surface area (Å²) in [5, 5.41) is 3.71. The zero-order valence-electron chi connectivity index (χ0n) is 10.0. The molecule has 0 aromatic rings. The van der Waals surface area contributed by atoms with Gasteiger partial charge in [-0.25, -0.2) is 0 Å². The van der Waals surface area contributed by atoms with Crippen LogP contribution in [0.15, 0.2) is 0 Å². The second-order valence-corrected chi connectivity index (χ2v) is 5.19. The number of rotatable bonds is 3. The molecular weight excluding hydrogens is 188 g/mol. The van der Waals surface area contributed by atoms with Gasteiger partial charge in [0.15, 0.2) is 0 Å². The summed E-state index contributed by atoms with van der Waals surface area (Å²) in [6.07, 6.45) is 3.79. The highest BCUT2D eigenvalue weighted by Gasteiger charge is 2.26. The van der Waals surface area contributed by atoms with E-state index in [0.717, 1.165) is 25.2 Å². The largest absolute Gasteiger partial charge is 0.381 e. The van der Waals surface area contributed by atoms with Gasteiger partial charge in [0.1, 0.15) is 0 Å². The van der Waals surface area contributed by atoms with Crippen LogP contribution in [0.25, 0.3) is 0 Å². The van der Waals surface area contributed by atoms with Gasteiger partial charge in [0.05, 0.1) is 0 Å². The summed E-state index contributed by atoms with van der Waals surface area (Å²) in [5.41, 5.74) is 0. The van der Waals surface area contributed by atoms with E-state index in [1.165, 1.54) is 32.4 Å². The van der Waals surface area contributed by atoms with Crippen molar-refractivity contribution in [2.45, 2.75) is 38.3 Å². The third-order valence-corrected chi connectivity index (χ3v) is 3.92. The van der Waals surface area contributed by atoms with E-state index in [0.29, 0.717) is 6.04 Å². The number of nitrogens with one attached hydrogen (secondary N) is 1. The second kappa shape index (κ2) is 5.28. The molecule has 0 spiro atoms. The smallest absolute Gasteiger partial charge is 0.0469 e. The van der Waals surface area contributed by atoms with Crippen molar-refractivity contribution in [1.29, 1.82) is 0 Å². The molecule has 2 aliphatic rings. The Bertz CT molecular complexity index is 182. The fraction of sp³-hybridized carbons (Fsp3) is 1.00. The van der Waals surface area contributed by atoms with Crippen LogP contribution in [0.5, 0.6) is 0 Å². The van der Waals surface area contributed by atoms with E-state index in [-0.39, 0.29) is 0 Å². The van der Waals surface area contributed by atoms with Crippen molar-refractivity contribution in [3.05, 3.63) is 0 Å². The minimum atomic E-state index is 0.716. The van der Waals surface area contributed by atoms with Crippen LogP contribution >= 0.6 is 0 Å². The molecule has 0 saturated carbocycles. The van der Waals surface area contributed by atoms with Gasteiger partial charge in [0, 0.05) is 31.8 Å². The molecule has 0 aliphatic carbocycles. The Morgan fingerprint density at radius 2 is 2.07 bits per heavy atom. The molecule has 2 fully saturated rings. The van der Waals surface area contributed by atoms with E-state index < -0.39 is 0 Å². The molecule has 15 heavy (non-hydrogen) atoms. The first-order chi connectivity index (χ1) is 7.25. The lowest BCUT2D eigenvalue weighted by Gasteiger charge is -2.24. The maximum Gasteiger partial charge on any atom is 0.0469 e. The quantitative estimate of drug-likeness (QED) is 0.758. The Hall–Kier alpha value is -0.120. The van der Waals surface area contributed by atoms with Crippen LogP contribution in [0.2, 0.25) is 0 Å².